The van der Waals surface area contributed by atoms with Gasteiger partial charge < -0.3 is 4.90 Å². The monoisotopic (exact) mass is 846 g/mol. The smallest absolute Gasteiger partial charge is 0.0465 e. The van der Waals surface area contributed by atoms with Crippen LogP contribution in [0, 0.1) is 0 Å². The van der Waals surface area contributed by atoms with Crippen LogP contribution < -0.4 is 4.90 Å². The molecule has 6 aromatic rings. The molecule has 1 fully saturated rings. The predicted molar refractivity (Wildman–Crippen MR) is 285 cm³/mol. The Balaban J connectivity index is 0.000000355. The van der Waals surface area contributed by atoms with Crippen molar-refractivity contribution in [2.45, 2.75) is 122 Å². The van der Waals surface area contributed by atoms with Crippen LogP contribution in [0.2, 0.25) is 0 Å². The largest absolute Gasteiger partial charge is 0.310 e. The number of rotatable bonds is 17. The number of allylic oxidation sites excluding steroid dienone is 2. The van der Waals surface area contributed by atoms with Gasteiger partial charge in [-0.3, -0.25) is 0 Å². The van der Waals surface area contributed by atoms with E-state index in [1.54, 1.807) is 12.2 Å². The molecule has 0 N–H and O–H groups in total. The van der Waals surface area contributed by atoms with Gasteiger partial charge in [-0.1, -0.05) is 264 Å². The Morgan fingerprint density at radius 3 is 1.28 bits per heavy atom. The minimum absolute atomic E-state index is 0.00171. The predicted octanol–water partition coefficient (Wildman–Crippen LogP) is 19.7. The van der Waals surface area contributed by atoms with Gasteiger partial charge in [0.25, 0.3) is 0 Å². The molecular weight excluding hydrogens is 771 g/mol. The summed E-state index contributed by atoms with van der Waals surface area (Å²) in [5.41, 5.74) is 14.4. The minimum atomic E-state index is -0.00171. The number of benzene rings is 6. The fourth-order valence-electron chi connectivity index (χ4n) is 9.24. The van der Waals surface area contributed by atoms with E-state index in [0.717, 1.165) is 5.56 Å². The van der Waals surface area contributed by atoms with Crippen molar-refractivity contribution in [2.24, 2.45) is 0 Å². The Morgan fingerprint density at radius 2 is 0.844 bits per heavy atom. The Morgan fingerprint density at radius 1 is 0.422 bits per heavy atom. The van der Waals surface area contributed by atoms with Crippen molar-refractivity contribution >= 4 is 29.2 Å². The molecule has 1 heteroatoms. The van der Waals surface area contributed by atoms with Gasteiger partial charge in [-0.05, 0) is 99.8 Å². The van der Waals surface area contributed by atoms with Gasteiger partial charge in [-0.25, -0.2) is 0 Å². The molecule has 0 bridgehead atoms. The zero-order chi connectivity index (χ0) is 45.2. The van der Waals surface area contributed by atoms with Crippen LogP contribution in [0.5, 0.6) is 0 Å². The first-order valence-electron chi connectivity index (χ1n) is 24.4. The molecule has 0 heterocycles. The molecule has 0 radical (unpaired) electrons. The van der Waals surface area contributed by atoms with Crippen LogP contribution >= 0.6 is 0 Å². The molecule has 0 amide bonds. The van der Waals surface area contributed by atoms with Gasteiger partial charge in [0.2, 0.25) is 0 Å². The molecule has 2 aliphatic carbocycles. The molecule has 0 atom stereocenters. The number of para-hydroxylation sites is 2. The minimum Gasteiger partial charge on any atom is -0.310 e. The van der Waals surface area contributed by atoms with E-state index in [4.69, 9.17) is 0 Å². The van der Waals surface area contributed by atoms with Crippen LogP contribution in [0.25, 0.3) is 34.4 Å². The zero-order valence-electron chi connectivity index (χ0n) is 39.3. The highest BCUT2D eigenvalue weighted by molar-refractivity contribution is 5.87. The fraction of sp³-hybridized carbons (Fsp3) is 0.302. The lowest BCUT2D eigenvalue weighted by Crippen LogP contribution is -2.26. The summed E-state index contributed by atoms with van der Waals surface area (Å²) in [5, 5.41) is 0. The van der Waals surface area contributed by atoms with Crippen LogP contribution in [0.15, 0.2) is 190 Å². The topological polar surface area (TPSA) is 3.24 Å². The highest BCUT2D eigenvalue weighted by atomic mass is 15.1. The summed E-state index contributed by atoms with van der Waals surface area (Å²) >= 11 is 0. The summed E-state index contributed by atoms with van der Waals surface area (Å²) in [7, 11) is 0. The van der Waals surface area contributed by atoms with Crippen molar-refractivity contribution in [2.75, 3.05) is 4.90 Å². The van der Waals surface area contributed by atoms with E-state index in [9.17, 15) is 0 Å². The maximum Gasteiger partial charge on any atom is 0.0465 e. The molecule has 332 valence electrons. The van der Waals surface area contributed by atoms with Crippen LogP contribution in [0.3, 0.4) is 0 Å². The Hall–Kier alpha value is -5.92. The van der Waals surface area contributed by atoms with Gasteiger partial charge in [-0.15, -0.1) is 0 Å². The van der Waals surface area contributed by atoms with E-state index >= 15 is 0 Å². The van der Waals surface area contributed by atoms with Crippen molar-refractivity contribution in [1.82, 2.24) is 0 Å². The lowest BCUT2D eigenvalue weighted by Gasteiger charge is -2.34. The molecule has 2 aliphatic rings. The molecule has 6 aromatic carbocycles. The lowest BCUT2D eigenvalue weighted by atomic mass is 9.70. The van der Waals surface area contributed by atoms with Gasteiger partial charge >= 0.3 is 0 Å². The molecule has 0 saturated heterocycles. The third-order valence-electron chi connectivity index (χ3n) is 12.7. The van der Waals surface area contributed by atoms with Gasteiger partial charge in [0.15, 0.2) is 0 Å². The quantitative estimate of drug-likeness (QED) is 0.0653. The van der Waals surface area contributed by atoms with Crippen molar-refractivity contribution in [3.8, 4) is 22.3 Å². The molecule has 64 heavy (non-hydrogen) atoms. The normalized spacial score (nSPS) is 12.8. The van der Waals surface area contributed by atoms with Crippen LogP contribution in [-0.4, -0.2) is 0 Å². The number of anilines is 3. The maximum absolute atomic E-state index is 3.96. The van der Waals surface area contributed by atoms with Crippen LogP contribution in [-0.2, 0) is 5.41 Å². The van der Waals surface area contributed by atoms with E-state index in [2.05, 4.69) is 166 Å². The third kappa shape index (κ3) is 13.8. The highest BCUT2D eigenvalue weighted by Crippen LogP contribution is 2.56. The van der Waals surface area contributed by atoms with Gasteiger partial charge in [0, 0.05) is 22.5 Å². The summed E-state index contributed by atoms with van der Waals surface area (Å²) in [6, 6.07) is 55.2. The first kappa shape index (κ1) is 49.1. The summed E-state index contributed by atoms with van der Waals surface area (Å²) in [6.45, 7) is 18.9. The van der Waals surface area contributed by atoms with E-state index in [1.807, 2.05) is 42.5 Å². The van der Waals surface area contributed by atoms with E-state index < -0.39 is 0 Å². The molecule has 8 rings (SSSR count). The standard InChI is InChI=1S/C45H49N.C8H8.C6H12.C4H6/c1-4-7-9-17-31-45(32-18-10-8-5-2)43-33-37(36-25-23-35(6-3)24-26-36)27-29-41(43)42-30-28-40(34-44(42)45)46(38-19-13-11-14-20-38)39-21-15-12-16-22-39;1-2-8-6-4-3-5-7-8;1-2-4-6-5-3-1;1-3-4-2/h6,11-16,19-30,33-34H,3-5,7-10,17-18,31-32H2,1-2H3;2-7H,1H2;1-6H2;3-4H,1-2H2. The molecule has 0 aromatic heterocycles. The Bertz CT molecular complexity index is 2190. The van der Waals surface area contributed by atoms with Crippen LogP contribution in [0.4, 0.5) is 17.1 Å². The number of nitrogens with zero attached hydrogens (tertiary/aromatic N) is 1. The number of hydrogen-bond acceptors (Lipinski definition) is 1. The molecular formula is C63H75N. The second-order valence-corrected chi connectivity index (χ2v) is 17.2. The molecule has 0 aliphatic heterocycles. The van der Waals surface area contributed by atoms with E-state index in [0.29, 0.717) is 0 Å². The lowest BCUT2D eigenvalue weighted by molar-refractivity contribution is 0.401. The molecule has 0 unspecified atom stereocenters. The molecule has 0 spiro atoms. The van der Waals surface area contributed by atoms with Crippen molar-refractivity contribution < 1.29 is 0 Å². The number of unbranched alkanes of at least 4 members (excludes halogenated alkanes) is 6. The summed E-state index contributed by atoms with van der Waals surface area (Å²) < 4.78 is 0. The summed E-state index contributed by atoms with van der Waals surface area (Å²) in [5.74, 6) is 0. The number of fused-ring (bicyclic) bond motifs is 3. The Kier molecular flexibility index (Phi) is 20.9. The van der Waals surface area contributed by atoms with Gasteiger partial charge in [0.05, 0.1) is 0 Å². The maximum atomic E-state index is 3.96. The van der Waals surface area contributed by atoms with Gasteiger partial charge in [0.1, 0.15) is 0 Å². The first-order chi connectivity index (χ1) is 31.5. The first-order valence-corrected chi connectivity index (χ1v) is 24.4. The van der Waals surface area contributed by atoms with Gasteiger partial charge in [-0.2, -0.15) is 0 Å². The van der Waals surface area contributed by atoms with Crippen molar-refractivity contribution in [3.05, 3.63) is 212 Å². The van der Waals surface area contributed by atoms with Crippen LogP contribution in [0.1, 0.15) is 139 Å². The summed E-state index contributed by atoms with van der Waals surface area (Å²) in [4.78, 5) is 2.43. The highest BCUT2D eigenvalue weighted by Gasteiger charge is 2.43. The molecule has 1 nitrogen and oxygen atoms in total. The second kappa shape index (κ2) is 27.3. The third-order valence-corrected chi connectivity index (χ3v) is 12.7. The summed E-state index contributed by atoms with van der Waals surface area (Å²) in [6.07, 6.45) is 28.6. The zero-order valence-corrected chi connectivity index (χ0v) is 39.3. The fourth-order valence-corrected chi connectivity index (χ4v) is 9.24. The van der Waals surface area contributed by atoms with Crippen molar-refractivity contribution in [1.29, 1.82) is 0 Å². The Labute approximate surface area is 389 Å². The average Bonchev–Trinajstić information content (AvgIpc) is 3.64. The van der Waals surface area contributed by atoms with Crippen molar-refractivity contribution in [3.63, 3.8) is 0 Å². The SMILES string of the molecule is C1CCCCC1.C=CC=C.C=Cc1ccc(-c2ccc3c(c2)C(CCCCCC)(CCCCCC)c2cc(N(c4ccccc4)c4ccccc4)ccc2-3)cc1.C=Cc1ccccc1. The average molecular weight is 846 g/mol. The molecule has 1 saturated carbocycles. The second-order valence-electron chi connectivity index (χ2n) is 17.2. The van der Waals surface area contributed by atoms with E-state index in [1.165, 1.54) is 159 Å². The van der Waals surface area contributed by atoms with E-state index in [-0.39, 0.29) is 5.41 Å². The number of hydrogen-bond donors (Lipinski definition) is 0.